The van der Waals surface area contributed by atoms with Crippen LogP contribution >= 0.6 is 0 Å². The van der Waals surface area contributed by atoms with Crippen molar-refractivity contribution in [3.8, 4) is 22.3 Å². The first-order valence-electron chi connectivity index (χ1n) is 16.0. The molecule has 0 radical (unpaired) electrons. The highest BCUT2D eigenvalue weighted by atomic mass is 16.3. The van der Waals surface area contributed by atoms with Gasteiger partial charge in [-0.2, -0.15) is 0 Å². The van der Waals surface area contributed by atoms with Gasteiger partial charge in [0, 0.05) is 33.2 Å². The minimum absolute atomic E-state index is 0.0780. The van der Waals surface area contributed by atoms with E-state index in [4.69, 9.17) is 9.90 Å². The van der Waals surface area contributed by atoms with E-state index in [0.29, 0.717) is 5.56 Å². The summed E-state index contributed by atoms with van der Waals surface area (Å²) in [4.78, 5) is 1.80. The number of benzene rings is 7. The van der Waals surface area contributed by atoms with Crippen molar-refractivity contribution in [2.24, 2.45) is 0 Å². The third-order valence-electron chi connectivity index (χ3n) is 7.74. The summed E-state index contributed by atoms with van der Waals surface area (Å²) in [6, 6.07) is 44.9. The van der Waals surface area contributed by atoms with Gasteiger partial charge >= 0.3 is 0 Å². The molecule has 1 heterocycles. The second-order valence-electron chi connectivity index (χ2n) is 10.3. The lowest BCUT2D eigenvalue weighted by Gasteiger charge is -2.26. The molecule has 2 heteroatoms. The van der Waals surface area contributed by atoms with Crippen LogP contribution in [0.4, 0.5) is 17.1 Å². The van der Waals surface area contributed by atoms with Crippen molar-refractivity contribution in [3.05, 3.63) is 164 Å². The van der Waals surface area contributed by atoms with Crippen LogP contribution in [0.15, 0.2) is 168 Å². The topological polar surface area (TPSA) is 16.4 Å². The lowest BCUT2D eigenvalue weighted by molar-refractivity contribution is 0.673. The number of hydrogen-bond donors (Lipinski definition) is 0. The van der Waals surface area contributed by atoms with Crippen molar-refractivity contribution in [2.45, 2.75) is 0 Å². The fourth-order valence-electron chi connectivity index (χ4n) is 5.74. The third-order valence-corrected chi connectivity index (χ3v) is 7.74. The van der Waals surface area contributed by atoms with E-state index in [1.807, 2.05) is 109 Å². The largest absolute Gasteiger partial charge is 0.455 e. The zero-order valence-electron chi connectivity index (χ0n) is 26.6. The van der Waals surface area contributed by atoms with Crippen LogP contribution in [-0.2, 0) is 0 Å². The quantitative estimate of drug-likeness (QED) is 0.215. The van der Waals surface area contributed by atoms with Gasteiger partial charge in [-0.25, -0.2) is 0 Å². The second-order valence-corrected chi connectivity index (χ2v) is 10.3. The highest BCUT2D eigenvalue weighted by molar-refractivity contribution is 6.19. The predicted molar refractivity (Wildman–Crippen MR) is 177 cm³/mol. The van der Waals surface area contributed by atoms with Crippen LogP contribution in [0, 0.1) is 0 Å². The molecule has 198 valence electrons. The van der Waals surface area contributed by atoms with Crippen LogP contribution < -0.4 is 4.90 Å². The van der Waals surface area contributed by atoms with E-state index >= 15 is 0 Å². The fraction of sp³-hybridized carbons (Fsp3) is 0. The average Bonchev–Trinajstić information content (AvgIpc) is 3.50. The summed E-state index contributed by atoms with van der Waals surface area (Å²) in [5, 5.41) is 4.31. The van der Waals surface area contributed by atoms with Gasteiger partial charge in [-0.3, -0.25) is 0 Å². The van der Waals surface area contributed by atoms with E-state index in [-0.39, 0.29) is 35.4 Å². The van der Waals surface area contributed by atoms with E-state index in [1.165, 1.54) is 0 Å². The number of anilines is 3. The lowest BCUT2D eigenvalue weighted by Crippen LogP contribution is -2.09. The standard InChI is InChI=1S/C40H27NO/c1-3-10-28(11-4-1)29-18-23-33(24-19-29)41(32-13-5-2-6-14-32)34-25-20-31(21-26-34)35-16-9-17-38-39(35)37-27-22-30-12-7-8-15-36(30)40(37)42-38/h1-27H/i18D,19D,23D,24D. The maximum Gasteiger partial charge on any atom is 0.143 e. The maximum absolute atomic E-state index is 9.09. The molecule has 0 saturated heterocycles. The molecule has 42 heavy (non-hydrogen) atoms. The van der Waals surface area contributed by atoms with E-state index in [0.717, 1.165) is 55.2 Å². The molecule has 0 atom stereocenters. The Labute approximate surface area is 250 Å². The minimum Gasteiger partial charge on any atom is -0.455 e. The van der Waals surface area contributed by atoms with E-state index < -0.39 is 0 Å². The smallest absolute Gasteiger partial charge is 0.143 e. The maximum atomic E-state index is 9.09. The molecule has 0 saturated carbocycles. The van der Waals surface area contributed by atoms with Gasteiger partial charge in [-0.1, -0.05) is 115 Å². The molecule has 0 spiro atoms. The van der Waals surface area contributed by atoms with Gasteiger partial charge in [0.25, 0.3) is 0 Å². The summed E-state index contributed by atoms with van der Waals surface area (Å²) < 4.78 is 42.4. The molecule has 0 unspecified atom stereocenters. The molecule has 0 aliphatic carbocycles. The second kappa shape index (κ2) is 10.1. The summed E-state index contributed by atoms with van der Waals surface area (Å²) >= 11 is 0. The number of furan rings is 1. The van der Waals surface area contributed by atoms with Crippen molar-refractivity contribution >= 4 is 49.8 Å². The van der Waals surface area contributed by atoms with Crippen LogP contribution in [0.5, 0.6) is 0 Å². The Morgan fingerprint density at radius 3 is 1.93 bits per heavy atom. The summed E-state index contributed by atoms with van der Waals surface area (Å²) in [5.41, 5.74) is 6.32. The molecule has 0 bridgehead atoms. The Bertz CT molecular complexity index is 2370. The molecule has 0 N–H and O–H groups in total. The Hall–Kier alpha value is -5.60. The molecule has 8 rings (SSSR count). The van der Waals surface area contributed by atoms with Crippen LogP contribution in [0.1, 0.15) is 5.48 Å². The zero-order chi connectivity index (χ0) is 31.4. The Balaban J connectivity index is 1.28. The number of rotatable bonds is 5. The summed E-state index contributed by atoms with van der Waals surface area (Å²) in [6.45, 7) is 0. The Kier molecular flexibility index (Phi) is 4.88. The van der Waals surface area contributed by atoms with Crippen LogP contribution in [-0.4, -0.2) is 0 Å². The molecular weight excluding hydrogens is 510 g/mol. The Morgan fingerprint density at radius 2 is 1.14 bits per heavy atom. The van der Waals surface area contributed by atoms with Gasteiger partial charge in [0.1, 0.15) is 11.2 Å². The Morgan fingerprint density at radius 1 is 0.452 bits per heavy atom. The molecule has 0 amide bonds. The molecule has 0 aliphatic rings. The van der Waals surface area contributed by atoms with Gasteiger partial charge in [-0.15, -0.1) is 0 Å². The van der Waals surface area contributed by atoms with Gasteiger partial charge in [0.15, 0.2) is 0 Å². The van der Waals surface area contributed by atoms with E-state index in [9.17, 15) is 0 Å². The molecule has 7 aromatic carbocycles. The SMILES string of the molecule is [2H]c1c([2H])c(N(c2ccccc2)c2ccc(-c3cccc4oc5c6ccccc6ccc5c34)cc2)c([2H])c([2H])c1-c1ccccc1. The van der Waals surface area contributed by atoms with E-state index in [2.05, 4.69) is 30.3 Å². The molecular formula is C40H27NO. The van der Waals surface area contributed by atoms with Crippen molar-refractivity contribution in [3.63, 3.8) is 0 Å². The highest BCUT2D eigenvalue weighted by Crippen LogP contribution is 2.41. The van der Waals surface area contributed by atoms with Crippen molar-refractivity contribution in [2.75, 3.05) is 4.90 Å². The highest BCUT2D eigenvalue weighted by Gasteiger charge is 2.16. The van der Waals surface area contributed by atoms with Crippen LogP contribution in [0.3, 0.4) is 0 Å². The molecule has 8 aromatic rings. The summed E-state index contributed by atoms with van der Waals surface area (Å²) in [6.07, 6.45) is 0. The van der Waals surface area contributed by atoms with Crippen molar-refractivity contribution in [1.29, 1.82) is 0 Å². The number of hydrogen-bond acceptors (Lipinski definition) is 2. The van der Waals surface area contributed by atoms with Crippen LogP contribution in [0.2, 0.25) is 0 Å². The minimum atomic E-state index is -0.102. The van der Waals surface area contributed by atoms with Crippen LogP contribution in [0.25, 0.3) is 55.0 Å². The van der Waals surface area contributed by atoms with Crippen molar-refractivity contribution in [1.82, 2.24) is 0 Å². The number of fused-ring (bicyclic) bond motifs is 5. The average molecular weight is 542 g/mol. The first-order chi connectivity index (χ1) is 22.5. The lowest BCUT2D eigenvalue weighted by atomic mass is 9.98. The van der Waals surface area contributed by atoms with Gasteiger partial charge in [-0.05, 0) is 76.1 Å². The van der Waals surface area contributed by atoms with Gasteiger partial charge < -0.3 is 9.32 Å². The normalized spacial score (nSPS) is 12.7. The van der Waals surface area contributed by atoms with Gasteiger partial charge in [0.2, 0.25) is 0 Å². The molecule has 0 aliphatic heterocycles. The van der Waals surface area contributed by atoms with Crippen molar-refractivity contribution < 1.29 is 9.90 Å². The molecule has 0 fully saturated rings. The molecule has 1 aromatic heterocycles. The fourth-order valence-corrected chi connectivity index (χ4v) is 5.74. The third kappa shape index (κ3) is 4.13. The zero-order valence-corrected chi connectivity index (χ0v) is 22.6. The first kappa shape index (κ1) is 20.3. The predicted octanol–water partition coefficient (Wildman–Crippen LogP) is 11.5. The monoisotopic (exact) mass is 541 g/mol. The first-order valence-corrected chi connectivity index (χ1v) is 14.0. The summed E-state index contributed by atoms with van der Waals surface area (Å²) in [5.74, 6) is 0. The molecule has 2 nitrogen and oxygen atoms in total. The number of nitrogens with zero attached hydrogens (tertiary/aromatic N) is 1. The number of para-hydroxylation sites is 1. The van der Waals surface area contributed by atoms with Gasteiger partial charge in [0.05, 0.1) is 5.48 Å². The summed E-state index contributed by atoms with van der Waals surface area (Å²) in [7, 11) is 0. The van der Waals surface area contributed by atoms with E-state index in [1.54, 1.807) is 4.90 Å².